The molecule has 0 saturated carbocycles. The highest BCUT2D eigenvalue weighted by molar-refractivity contribution is 5.81. The molecule has 1 amide bonds. The van der Waals surface area contributed by atoms with Crippen LogP contribution in [0.1, 0.15) is 18.9 Å². The van der Waals surface area contributed by atoms with Gasteiger partial charge >= 0.3 is 0 Å². The number of rotatable bonds is 8. The summed E-state index contributed by atoms with van der Waals surface area (Å²) < 4.78 is 0. The number of aryl methyl sites for hydroxylation is 1. The van der Waals surface area contributed by atoms with E-state index in [-0.39, 0.29) is 5.91 Å². The van der Waals surface area contributed by atoms with E-state index in [4.69, 9.17) is 0 Å². The van der Waals surface area contributed by atoms with Crippen LogP contribution in [0.15, 0.2) is 24.3 Å². The van der Waals surface area contributed by atoms with Crippen LogP contribution in [-0.2, 0) is 4.79 Å². The standard InChI is InChI=1S/C16H27N3O/c1-5-19(15-9-6-8-14(2)12-15)13-16(20)17-10-7-11-18(3)4/h6,8-9,12H,5,7,10-11,13H2,1-4H3,(H,17,20). The Morgan fingerprint density at radius 2 is 2.05 bits per heavy atom. The lowest BCUT2D eigenvalue weighted by Crippen LogP contribution is -2.38. The van der Waals surface area contributed by atoms with Crippen molar-refractivity contribution < 1.29 is 4.79 Å². The smallest absolute Gasteiger partial charge is 0.239 e. The van der Waals surface area contributed by atoms with Crippen molar-refractivity contribution in [3.63, 3.8) is 0 Å². The molecular weight excluding hydrogens is 250 g/mol. The van der Waals surface area contributed by atoms with Crippen molar-refractivity contribution >= 4 is 11.6 Å². The number of carbonyl (C=O) groups excluding carboxylic acids is 1. The Bertz CT molecular complexity index is 418. The second-order valence-corrected chi connectivity index (χ2v) is 5.36. The van der Waals surface area contributed by atoms with Gasteiger partial charge in [0.25, 0.3) is 0 Å². The summed E-state index contributed by atoms with van der Waals surface area (Å²) in [4.78, 5) is 16.2. The molecule has 0 saturated heterocycles. The van der Waals surface area contributed by atoms with Gasteiger partial charge < -0.3 is 15.1 Å². The Balaban J connectivity index is 2.42. The predicted molar refractivity (Wildman–Crippen MR) is 85.2 cm³/mol. The summed E-state index contributed by atoms with van der Waals surface area (Å²) in [5.41, 5.74) is 2.32. The molecule has 0 heterocycles. The van der Waals surface area contributed by atoms with E-state index in [0.717, 1.165) is 31.7 Å². The van der Waals surface area contributed by atoms with Crippen LogP contribution < -0.4 is 10.2 Å². The Morgan fingerprint density at radius 1 is 1.30 bits per heavy atom. The first-order chi connectivity index (χ1) is 9.52. The van der Waals surface area contributed by atoms with Crippen molar-refractivity contribution in [2.75, 3.05) is 45.2 Å². The second-order valence-electron chi connectivity index (χ2n) is 5.36. The quantitative estimate of drug-likeness (QED) is 0.737. The zero-order chi connectivity index (χ0) is 15.0. The highest BCUT2D eigenvalue weighted by Crippen LogP contribution is 2.15. The highest BCUT2D eigenvalue weighted by Gasteiger charge is 2.09. The molecule has 0 aliphatic carbocycles. The molecule has 0 atom stereocenters. The first kappa shape index (κ1) is 16.5. The van der Waals surface area contributed by atoms with Crippen molar-refractivity contribution in [2.45, 2.75) is 20.3 Å². The molecular formula is C16H27N3O. The van der Waals surface area contributed by atoms with Gasteiger partial charge in [-0.3, -0.25) is 4.79 Å². The van der Waals surface area contributed by atoms with Crippen LogP contribution in [0.5, 0.6) is 0 Å². The van der Waals surface area contributed by atoms with Crippen molar-refractivity contribution in [1.82, 2.24) is 10.2 Å². The maximum atomic E-state index is 11.9. The van der Waals surface area contributed by atoms with Gasteiger partial charge in [0.1, 0.15) is 0 Å². The van der Waals surface area contributed by atoms with E-state index < -0.39 is 0 Å². The van der Waals surface area contributed by atoms with Gasteiger partial charge in [0.2, 0.25) is 5.91 Å². The SMILES string of the molecule is CCN(CC(=O)NCCCN(C)C)c1cccc(C)c1. The molecule has 0 unspecified atom stereocenters. The van der Waals surface area contributed by atoms with Crippen LogP contribution in [0.4, 0.5) is 5.69 Å². The molecule has 1 aromatic rings. The Hall–Kier alpha value is -1.55. The fourth-order valence-corrected chi connectivity index (χ4v) is 2.06. The third kappa shape index (κ3) is 6.06. The van der Waals surface area contributed by atoms with Crippen LogP contribution in [0, 0.1) is 6.92 Å². The van der Waals surface area contributed by atoms with Gasteiger partial charge in [-0.05, 0) is 58.6 Å². The van der Waals surface area contributed by atoms with Crippen molar-refractivity contribution in [2.24, 2.45) is 0 Å². The van der Waals surface area contributed by atoms with Gasteiger partial charge in [-0.1, -0.05) is 12.1 Å². The summed E-state index contributed by atoms with van der Waals surface area (Å²) in [6.45, 7) is 7.12. The van der Waals surface area contributed by atoms with E-state index in [1.54, 1.807) is 0 Å². The number of amides is 1. The normalized spacial score (nSPS) is 10.7. The number of carbonyl (C=O) groups is 1. The molecule has 0 bridgehead atoms. The van der Waals surface area contributed by atoms with Crippen LogP contribution >= 0.6 is 0 Å². The largest absolute Gasteiger partial charge is 0.362 e. The molecule has 0 aliphatic heterocycles. The topological polar surface area (TPSA) is 35.6 Å². The summed E-state index contributed by atoms with van der Waals surface area (Å²) in [6, 6.07) is 8.26. The highest BCUT2D eigenvalue weighted by atomic mass is 16.2. The lowest BCUT2D eigenvalue weighted by Gasteiger charge is -2.23. The third-order valence-corrected chi connectivity index (χ3v) is 3.19. The predicted octanol–water partition coefficient (Wildman–Crippen LogP) is 1.89. The molecule has 1 aromatic carbocycles. The molecule has 112 valence electrons. The molecule has 0 spiro atoms. The van der Waals surface area contributed by atoms with Crippen LogP contribution in [-0.4, -0.2) is 51.1 Å². The number of hydrogen-bond donors (Lipinski definition) is 1. The number of hydrogen-bond acceptors (Lipinski definition) is 3. The maximum Gasteiger partial charge on any atom is 0.239 e. The lowest BCUT2D eigenvalue weighted by molar-refractivity contribution is -0.119. The minimum Gasteiger partial charge on any atom is -0.362 e. The summed E-state index contributed by atoms with van der Waals surface area (Å²) in [7, 11) is 4.08. The molecule has 1 rings (SSSR count). The molecule has 0 radical (unpaired) electrons. The van der Waals surface area contributed by atoms with E-state index in [1.165, 1.54) is 5.56 Å². The number of nitrogens with one attached hydrogen (secondary N) is 1. The first-order valence-corrected chi connectivity index (χ1v) is 7.26. The fraction of sp³-hybridized carbons (Fsp3) is 0.562. The van der Waals surface area contributed by atoms with Gasteiger partial charge in [0.05, 0.1) is 6.54 Å². The molecule has 4 heteroatoms. The number of anilines is 1. The molecule has 20 heavy (non-hydrogen) atoms. The Morgan fingerprint density at radius 3 is 2.65 bits per heavy atom. The number of nitrogens with zero attached hydrogens (tertiary/aromatic N) is 2. The van der Waals surface area contributed by atoms with Crippen LogP contribution in [0.3, 0.4) is 0 Å². The molecule has 0 aromatic heterocycles. The van der Waals surface area contributed by atoms with Gasteiger partial charge in [-0.2, -0.15) is 0 Å². The van der Waals surface area contributed by atoms with E-state index in [0.29, 0.717) is 6.54 Å². The Kier molecular flexibility index (Phi) is 7.09. The maximum absolute atomic E-state index is 11.9. The lowest BCUT2D eigenvalue weighted by atomic mass is 10.2. The zero-order valence-corrected chi connectivity index (χ0v) is 13.1. The summed E-state index contributed by atoms with van der Waals surface area (Å²) in [6.07, 6.45) is 0.981. The summed E-state index contributed by atoms with van der Waals surface area (Å²) >= 11 is 0. The van der Waals surface area contributed by atoms with Crippen LogP contribution in [0.25, 0.3) is 0 Å². The second kappa shape index (κ2) is 8.59. The van der Waals surface area contributed by atoms with Gasteiger partial charge in [-0.15, -0.1) is 0 Å². The summed E-state index contributed by atoms with van der Waals surface area (Å²) in [5.74, 6) is 0.0899. The van der Waals surface area contributed by atoms with Crippen LogP contribution in [0.2, 0.25) is 0 Å². The zero-order valence-electron chi connectivity index (χ0n) is 13.1. The molecule has 1 N–H and O–H groups in total. The fourth-order valence-electron chi connectivity index (χ4n) is 2.06. The first-order valence-electron chi connectivity index (χ1n) is 7.26. The van der Waals surface area contributed by atoms with E-state index in [9.17, 15) is 4.79 Å². The Labute approximate surface area is 122 Å². The third-order valence-electron chi connectivity index (χ3n) is 3.19. The molecule has 0 fully saturated rings. The van der Waals surface area contributed by atoms with Crippen molar-refractivity contribution in [3.8, 4) is 0 Å². The van der Waals surface area contributed by atoms with E-state index in [2.05, 4.69) is 47.2 Å². The van der Waals surface area contributed by atoms with Crippen molar-refractivity contribution in [3.05, 3.63) is 29.8 Å². The average molecular weight is 277 g/mol. The van der Waals surface area contributed by atoms with Gasteiger partial charge in [-0.25, -0.2) is 0 Å². The molecule has 0 aliphatic rings. The number of benzene rings is 1. The summed E-state index contributed by atoms with van der Waals surface area (Å²) in [5, 5.41) is 2.98. The van der Waals surface area contributed by atoms with Gasteiger partial charge in [0.15, 0.2) is 0 Å². The van der Waals surface area contributed by atoms with Gasteiger partial charge in [0, 0.05) is 18.8 Å². The number of likely N-dealkylation sites (N-methyl/N-ethyl adjacent to an activating group) is 1. The minimum absolute atomic E-state index is 0.0899. The molecule has 4 nitrogen and oxygen atoms in total. The van der Waals surface area contributed by atoms with E-state index >= 15 is 0 Å². The monoisotopic (exact) mass is 277 g/mol. The van der Waals surface area contributed by atoms with Crippen molar-refractivity contribution in [1.29, 1.82) is 0 Å². The minimum atomic E-state index is 0.0899. The average Bonchev–Trinajstić information content (AvgIpc) is 2.40. The van der Waals surface area contributed by atoms with E-state index in [1.807, 2.05) is 20.2 Å².